The van der Waals surface area contributed by atoms with Crippen LogP contribution in [0.4, 0.5) is 0 Å². The van der Waals surface area contributed by atoms with Crippen LogP contribution in [0.15, 0.2) is 53.5 Å². The van der Waals surface area contributed by atoms with Gasteiger partial charge < -0.3 is 25.1 Å². The lowest BCUT2D eigenvalue weighted by Crippen LogP contribution is -2.36. The number of fused-ring (bicyclic) bond motifs is 2. The van der Waals surface area contributed by atoms with Crippen molar-refractivity contribution in [3.63, 3.8) is 0 Å². The van der Waals surface area contributed by atoms with Crippen molar-refractivity contribution in [2.24, 2.45) is 4.99 Å². The minimum absolute atomic E-state index is 0.288. The van der Waals surface area contributed by atoms with Gasteiger partial charge in [-0.2, -0.15) is 0 Å². The molecule has 0 aliphatic carbocycles. The number of aromatic amines is 1. The van der Waals surface area contributed by atoms with Gasteiger partial charge in [0.25, 0.3) is 0 Å². The first-order valence-corrected chi connectivity index (χ1v) is 8.79. The lowest BCUT2D eigenvalue weighted by molar-refractivity contribution is 0.174. The topological polar surface area (TPSA) is 70.7 Å². The molecule has 0 unspecified atom stereocenters. The number of benzene rings is 2. The highest BCUT2D eigenvalue weighted by atomic mass is 16.7. The van der Waals surface area contributed by atoms with Crippen molar-refractivity contribution in [1.82, 2.24) is 15.6 Å². The van der Waals surface area contributed by atoms with Gasteiger partial charge in [0.2, 0.25) is 6.79 Å². The number of hydrogen-bond donors (Lipinski definition) is 3. The Morgan fingerprint density at radius 3 is 2.85 bits per heavy atom. The number of hydrogen-bond acceptors (Lipinski definition) is 3. The molecule has 0 saturated carbocycles. The van der Waals surface area contributed by atoms with E-state index in [2.05, 4.69) is 45.7 Å². The predicted octanol–water partition coefficient (Wildman–Crippen LogP) is 3.15. The molecule has 4 rings (SSSR count). The third-order valence-corrected chi connectivity index (χ3v) is 4.23. The summed E-state index contributed by atoms with van der Waals surface area (Å²) in [5, 5.41) is 7.86. The van der Waals surface area contributed by atoms with Crippen LogP contribution in [0.25, 0.3) is 10.9 Å². The normalized spacial score (nSPS) is 13.2. The summed E-state index contributed by atoms with van der Waals surface area (Å²) in [4.78, 5) is 8.08. The van der Waals surface area contributed by atoms with E-state index >= 15 is 0 Å². The van der Waals surface area contributed by atoms with Crippen LogP contribution < -0.4 is 20.1 Å². The molecule has 0 radical (unpaired) electrons. The summed E-state index contributed by atoms with van der Waals surface area (Å²) >= 11 is 0. The van der Waals surface area contributed by atoms with Crippen molar-refractivity contribution < 1.29 is 9.47 Å². The molecule has 134 valence electrons. The largest absolute Gasteiger partial charge is 0.454 e. The number of para-hydroxylation sites is 1. The van der Waals surface area contributed by atoms with Crippen LogP contribution in [-0.4, -0.2) is 24.3 Å². The maximum absolute atomic E-state index is 5.42. The first kappa shape index (κ1) is 16.3. The van der Waals surface area contributed by atoms with Gasteiger partial charge in [-0.3, -0.25) is 0 Å². The Balaban J connectivity index is 1.42. The van der Waals surface area contributed by atoms with Crippen LogP contribution >= 0.6 is 0 Å². The Kier molecular flexibility index (Phi) is 4.64. The van der Waals surface area contributed by atoms with E-state index in [1.165, 1.54) is 5.39 Å². The number of ether oxygens (including phenoxy) is 2. The third kappa shape index (κ3) is 3.59. The van der Waals surface area contributed by atoms with Gasteiger partial charge in [0, 0.05) is 17.8 Å². The zero-order valence-electron chi connectivity index (χ0n) is 14.7. The Morgan fingerprint density at radius 2 is 1.96 bits per heavy atom. The number of H-pyrrole nitrogens is 1. The number of aromatic nitrogens is 1. The van der Waals surface area contributed by atoms with Crippen LogP contribution in [0.1, 0.15) is 18.2 Å². The lowest BCUT2D eigenvalue weighted by atomic mass is 10.2. The van der Waals surface area contributed by atoms with Crippen molar-refractivity contribution in [2.45, 2.75) is 20.0 Å². The predicted molar refractivity (Wildman–Crippen MR) is 103 cm³/mol. The quantitative estimate of drug-likeness (QED) is 0.488. The molecule has 3 aromatic rings. The van der Waals surface area contributed by atoms with Crippen molar-refractivity contribution >= 4 is 16.9 Å². The first-order valence-electron chi connectivity index (χ1n) is 8.79. The highest BCUT2D eigenvalue weighted by molar-refractivity contribution is 5.81. The molecular weight excluding hydrogens is 328 g/mol. The molecule has 0 atom stereocenters. The maximum Gasteiger partial charge on any atom is 0.231 e. The van der Waals surface area contributed by atoms with E-state index in [0.717, 1.165) is 40.8 Å². The van der Waals surface area contributed by atoms with E-state index in [-0.39, 0.29) is 6.79 Å². The smallest absolute Gasteiger partial charge is 0.231 e. The molecule has 2 aromatic carbocycles. The minimum atomic E-state index is 0.288. The summed E-state index contributed by atoms with van der Waals surface area (Å²) in [6, 6.07) is 16.3. The van der Waals surface area contributed by atoms with Gasteiger partial charge >= 0.3 is 0 Å². The SMILES string of the molecule is CCNC(=NCc1ccc2c(c1)OCO2)NCc1cc2ccccc2[nH]1. The number of nitrogens with one attached hydrogen (secondary N) is 3. The lowest BCUT2D eigenvalue weighted by Gasteiger charge is -2.10. The Morgan fingerprint density at radius 1 is 1.08 bits per heavy atom. The van der Waals surface area contributed by atoms with Crippen LogP contribution in [0, 0.1) is 0 Å². The summed E-state index contributed by atoms with van der Waals surface area (Å²) in [6.07, 6.45) is 0. The number of rotatable bonds is 5. The van der Waals surface area contributed by atoms with Crippen LogP contribution in [0.2, 0.25) is 0 Å². The summed E-state index contributed by atoms with van der Waals surface area (Å²) in [6.45, 7) is 4.40. The summed E-state index contributed by atoms with van der Waals surface area (Å²) in [5.41, 5.74) is 3.35. The molecule has 1 aromatic heterocycles. The second-order valence-electron chi connectivity index (χ2n) is 6.12. The van der Waals surface area contributed by atoms with E-state index in [4.69, 9.17) is 9.47 Å². The van der Waals surface area contributed by atoms with Crippen LogP contribution in [-0.2, 0) is 13.1 Å². The molecule has 3 N–H and O–H groups in total. The maximum atomic E-state index is 5.42. The van der Waals surface area contributed by atoms with Crippen LogP contribution in [0.5, 0.6) is 11.5 Å². The fourth-order valence-corrected chi connectivity index (χ4v) is 2.96. The standard InChI is InChI=1S/C20H22N4O2/c1-2-21-20(22-11-14-7-8-18-19(9-14)26-13-25-18)23-12-16-10-15-5-3-4-6-17(15)24-16/h3-10,24H,2,11-13H2,1H3,(H2,21,22,23). The van der Waals surface area contributed by atoms with Gasteiger partial charge in [0.15, 0.2) is 17.5 Å². The number of nitrogens with zero attached hydrogens (tertiary/aromatic N) is 1. The Bertz CT molecular complexity index is 899. The summed E-state index contributed by atoms with van der Waals surface area (Å²) < 4.78 is 10.8. The highest BCUT2D eigenvalue weighted by Gasteiger charge is 2.13. The molecule has 0 saturated heterocycles. The second-order valence-corrected chi connectivity index (χ2v) is 6.12. The molecule has 0 bridgehead atoms. The Hall–Kier alpha value is -3.15. The highest BCUT2D eigenvalue weighted by Crippen LogP contribution is 2.32. The average Bonchev–Trinajstić information content (AvgIpc) is 3.29. The average molecular weight is 350 g/mol. The van der Waals surface area contributed by atoms with Crippen molar-refractivity contribution in [3.8, 4) is 11.5 Å². The third-order valence-electron chi connectivity index (χ3n) is 4.23. The van der Waals surface area contributed by atoms with E-state index in [9.17, 15) is 0 Å². The number of guanidine groups is 1. The zero-order chi connectivity index (χ0) is 17.8. The van der Waals surface area contributed by atoms with E-state index < -0.39 is 0 Å². The van der Waals surface area contributed by atoms with E-state index in [0.29, 0.717) is 13.1 Å². The molecule has 0 amide bonds. The summed E-state index contributed by atoms with van der Waals surface area (Å²) in [7, 11) is 0. The van der Waals surface area contributed by atoms with Crippen LogP contribution in [0.3, 0.4) is 0 Å². The van der Waals surface area contributed by atoms with E-state index in [1.807, 2.05) is 30.3 Å². The molecule has 2 heterocycles. The minimum Gasteiger partial charge on any atom is -0.454 e. The molecule has 1 aliphatic rings. The molecule has 0 spiro atoms. The number of aliphatic imine (C=N–C) groups is 1. The zero-order valence-corrected chi connectivity index (χ0v) is 14.7. The van der Waals surface area contributed by atoms with Gasteiger partial charge in [0.1, 0.15) is 0 Å². The molecular formula is C20H22N4O2. The van der Waals surface area contributed by atoms with Crippen molar-refractivity contribution in [3.05, 3.63) is 59.8 Å². The van der Waals surface area contributed by atoms with Crippen molar-refractivity contribution in [1.29, 1.82) is 0 Å². The molecule has 26 heavy (non-hydrogen) atoms. The summed E-state index contributed by atoms with van der Waals surface area (Å²) in [5.74, 6) is 2.36. The molecule has 6 heteroatoms. The van der Waals surface area contributed by atoms with E-state index in [1.54, 1.807) is 0 Å². The Labute approximate surface area is 152 Å². The molecule has 1 aliphatic heterocycles. The van der Waals surface area contributed by atoms with Gasteiger partial charge in [-0.25, -0.2) is 4.99 Å². The first-order chi connectivity index (χ1) is 12.8. The molecule has 6 nitrogen and oxygen atoms in total. The van der Waals surface area contributed by atoms with Gasteiger partial charge in [-0.1, -0.05) is 24.3 Å². The van der Waals surface area contributed by atoms with Crippen molar-refractivity contribution in [2.75, 3.05) is 13.3 Å². The van der Waals surface area contributed by atoms with Gasteiger partial charge in [-0.05, 0) is 42.1 Å². The molecule has 0 fully saturated rings. The van der Waals surface area contributed by atoms with Gasteiger partial charge in [0.05, 0.1) is 13.1 Å². The monoisotopic (exact) mass is 350 g/mol. The fourth-order valence-electron chi connectivity index (χ4n) is 2.96. The fraction of sp³-hybridized carbons (Fsp3) is 0.250. The second kappa shape index (κ2) is 7.39. The van der Waals surface area contributed by atoms with Gasteiger partial charge in [-0.15, -0.1) is 0 Å².